The van der Waals surface area contributed by atoms with Gasteiger partial charge in [0.05, 0.1) is 40.4 Å². The predicted molar refractivity (Wildman–Crippen MR) is 73.8 cm³/mol. The van der Waals surface area contributed by atoms with E-state index in [-0.39, 0.29) is 17.5 Å². The Morgan fingerprint density at radius 3 is 2.84 bits per heavy atom. The van der Waals surface area contributed by atoms with Gasteiger partial charge in [-0.15, -0.1) is 0 Å². The zero-order chi connectivity index (χ0) is 13.8. The number of carbonyl (C=O) groups excluding carboxylic acids is 1. The first kappa shape index (κ1) is 13.3. The van der Waals surface area contributed by atoms with Crippen LogP contribution in [0.5, 0.6) is 0 Å². The molecule has 1 heterocycles. The fourth-order valence-electron chi connectivity index (χ4n) is 1.50. The Balaban J connectivity index is 2.05. The summed E-state index contributed by atoms with van der Waals surface area (Å²) in [5.74, 6) is -0.292. The minimum absolute atomic E-state index is 0.259. The molecule has 1 amide bonds. The molecule has 98 valence electrons. The Bertz CT molecular complexity index is 598. The number of hydrogen-bond acceptors (Lipinski definition) is 4. The van der Waals surface area contributed by atoms with E-state index in [0.29, 0.717) is 16.9 Å². The number of carbonyl (C=O) groups is 1. The number of amides is 1. The van der Waals surface area contributed by atoms with E-state index in [2.05, 4.69) is 15.3 Å². The molecule has 3 N–H and O–H groups in total. The van der Waals surface area contributed by atoms with E-state index in [1.54, 1.807) is 30.6 Å². The van der Waals surface area contributed by atoms with Crippen molar-refractivity contribution in [2.24, 2.45) is 0 Å². The molecule has 1 aromatic carbocycles. The number of rotatable bonds is 3. The van der Waals surface area contributed by atoms with Gasteiger partial charge in [-0.3, -0.25) is 14.8 Å². The highest BCUT2D eigenvalue weighted by atomic mass is 35.5. The molecule has 0 bridgehead atoms. The lowest BCUT2D eigenvalue weighted by molar-refractivity contribution is 0.0950. The van der Waals surface area contributed by atoms with Crippen LogP contribution in [0.2, 0.25) is 5.02 Å². The van der Waals surface area contributed by atoms with Crippen LogP contribution in [0.3, 0.4) is 0 Å². The highest BCUT2D eigenvalue weighted by molar-refractivity contribution is 6.36. The molecule has 0 saturated carbocycles. The minimum Gasteiger partial charge on any atom is -0.398 e. The molecule has 0 saturated heterocycles. The van der Waals surface area contributed by atoms with E-state index < -0.39 is 0 Å². The van der Waals surface area contributed by atoms with E-state index in [1.807, 2.05) is 6.92 Å². The lowest BCUT2D eigenvalue weighted by atomic mass is 10.2. The van der Waals surface area contributed by atoms with Gasteiger partial charge in [0.15, 0.2) is 0 Å². The van der Waals surface area contributed by atoms with Gasteiger partial charge in [0.25, 0.3) is 5.91 Å². The van der Waals surface area contributed by atoms with Gasteiger partial charge in [0, 0.05) is 6.20 Å². The van der Waals surface area contributed by atoms with Crippen molar-refractivity contribution in [3.63, 3.8) is 0 Å². The van der Waals surface area contributed by atoms with Crippen LogP contribution in [0, 0.1) is 6.92 Å². The van der Waals surface area contributed by atoms with Crippen LogP contribution >= 0.6 is 11.6 Å². The minimum atomic E-state index is -0.292. The Morgan fingerprint density at radius 1 is 1.37 bits per heavy atom. The summed E-state index contributed by atoms with van der Waals surface area (Å²) in [6.07, 6.45) is 3.27. The molecule has 0 aliphatic rings. The molecule has 2 rings (SSSR count). The third-order valence-electron chi connectivity index (χ3n) is 2.54. The number of aromatic nitrogens is 2. The molecule has 5 nitrogen and oxygen atoms in total. The smallest absolute Gasteiger partial charge is 0.253 e. The van der Waals surface area contributed by atoms with E-state index in [9.17, 15) is 4.79 Å². The summed E-state index contributed by atoms with van der Waals surface area (Å²) < 4.78 is 0. The average molecular weight is 277 g/mol. The number of nitrogens with two attached hydrogens (primary N) is 1. The number of nitrogens with one attached hydrogen (secondary N) is 1. The van der Waals surface area contributed by atoms with E-state index >= 15 is 0 Å². The molecule has 1 aromatic heterocycles. The largest absolute Gasteiger partial charge is 0.398 e. The lowest BCUT2D eigenvalue weighted by Gasteiger charge is -2.07. The Hall–Kier alpha value is -2.14. The Labute approximate surface area is 115 Å². The predicted octanol–water partition coefficient (Wildman–Crippen LogP) is 1.95. The fourth-order valence-corrected chi connectivity index (χ4v) is 1.71. The molecule has 0 spiro atoms. The van der Waals surface area contributed by atoms with Gasteiger partial charge in [0.2, 0.25) is 0 Å². The number of halogens is 1. The van der Waals surface area contributed by atoms with Gasteiger partial charge in [-0.1, -0.05) is 17.7 Å². The molecular weight excluding hydrogens is 264 g/mol. The summed E-state index contributed by atoms with van der Waals surface area (Å²) in [6, 6.07) is 4.95. The second-order valence-corrected chi connectivity index (χ2v) is 4.42. The van der Waals surface area contributed by atoms with Gasteiger partial charge < -0.3 is 11.1 Å². The van der Waals surface area contributed by atoms with Crippen molar-refractivity contribution in [1.29, 1.82) is 0 Å². The first-order valence-corrected chi connectivity index (χ1v) is 6.05. The number of hydrogen-bond donors (Lipinski definition) is 2. The van der Waals surface area contributed by atoms with Crippen molar-refractivity contribution in [3.05, 3.63) is 52.6 Å². The second kappa shape index (κ2) is 5.67. The molecule has 19 heavy (non-hydrogen) atoms. The maximum absolute atomic E-state index is 12.0. The topological polar surface area (TPSA) is 80.9 Å². The van der Waals surface area contributed by atoms with Gasteiger partial charge in [-0.25, -0.2) is 0 Å². The van der Waals surface area contributed by atoms with E-state index in [0.717, 1.165) is 5.69 Å². The maximum atomic E-state index is 12.0. The summed E-state index contributed by atoms with van der Waals surface area (Å²) >= 11 is 5.98. The van der Waals surface area contributed by atoms with Crippen LogP contribution in [-0.4, -0.2) is 15.9 Å². The molecular formula is C13H13ClN4O. The molecule has 0 atom stereocenters. The SMILES string of the molecule is Cc1cnc(CNC(=O)c2cccc(N)c2Cl)cn1. The monoisotopic (exact) mass is 276 g/mol. The molecule has 0 aliphatic heterocycles. The van der Waals surface area contributed by atoms with E-state index in [4.69, 9.17) is 17.3 Å². The van der Waals surface area contributed by atoms with Crippen molar-refractivity contribution in [3.8, 4) is 0 Å². The van der Waals surface area contributed by atoms with Crippen LogP contribution in [0.25, 0.3) is 0 Å². The van der Waals surface area contributed by atoms with E-state index in [1.165, 1.54) is 0 Å². The third kappa shape index (κ3) is 3.20. The second-order valence-electron chi connectivity index (χ2n) is 4.04. The van der Waals surface area contributed by atoms with Gasteiger partial charge in [0.1, 0.15) is 0 Å². The molecule has 0 aliphatic carbocycles. The zero-order valence-electron chi connectivity index (χ0n) is 10.4. The van der Waals surface area contributed by atoms with Crippen molar-refractivity contribution in [2.45, 2.75) is 13.5 Å². The summed E-state index contributed by atoms with van der Waals surface area (Å²) in [4.78, 5) is 20.2. The van der Waals surface area contributed by atoms with Gasteiger partial charge in [-0.2, -0.15) is 0 Å². The Morgan fingerprint density at radius 2 is 2.16 bits per heavy atom. The molecule has 6 heteroatoms. The number of nitrogens with zero attached hydrogens (tertiary/aromatic N) is 2. The van der Waals surface area contributed by atoms with Crippen molar-refractivity contribution >= 4 is 23.2 Å². The number of anilines is 1. The molecule has 0 radical (unpaired) electrons. The first-order valence-electron chi connectivity index (χ1n) is 5.67. The summed E-state index contributed by atoms with van der Waals surface area (Å²) in [6.45, 7) is 2.14. The standard InChI is InChI=1S/C13H13ClN4O/c1-8-5-17-9(6-16-8)7-18-13(19)10-3-2-4-11(15)12(10)14/h2-6H,7,15H2,1H3,(H,18,19). The lowest BCUT2D eigenvalue weighted by Crippen LogP contribution is -2.24. The van der Waals surface area contributed by atoms with Crippen LogP contribution in [0.15, 0.2) is 30.6 Å². The van der Waals surface area contributed by atoms with Gasteiger partial charge >= 0.3 is 0 Å². The quantitative estimate of drug-likeness (QED) is 0.840. The summed E-state index contributed by atoms with van der Waals surface area (Å²) in [7, 11) is 0. The molecule has 0 unspecified atom stereocenters. The van der Waals surface area contributed by atoms with Crippen molar-refractivity contribution < 1.29 is 4.79 Å². The zero-order valence-corrected chi connectivity index (χ0v) is 11.1. The Kier molecular flexibility index (Phi) is 3.97. The number of nitrogen functional groups attached to an aromatic ring is 1. The molecule has 0 fully saturated rings. The highest BCUT2D eigenvalue weighted by Gasteiger charge is 2.11. The number of benzene rings is 1. The summed E-state index contributed by atoms with van der Waals surface area (Å²) in [5, 5.41) is 2.98. The van der Waals surface area contributed by atoms with Crippen LogP contribution in [-0.2, 0) is 6.54 Å². The highest BCUT2D eigenvalue weighted by Crippen LogP contribution is 2.22. The van der Waals surface area contributed by atoms with Gasteiger partial charge in [-0.05, 0) is 19.1 Å². The third-order valence-corrected chi connectivity index (χ3v) is 2.96. The number of aryl methyl sites for hydroxylation is 1. The summed E-state index contributed by atoms with van der Waals surface area (Å²) in [5.41, 5.74) is 7.88. The van der Waals surface area contributed by atoms with Crippen molar-refractivity contribution in [2.75, 3.05) is 5.73 Å². The molecule has 2 aromatic rings. The van der Waals surface area contributed by atoms with Crippen LogP contribution in [0.4, 0.5) is 5.69 Å². The maximum Gasteiger partial charge on any atom is 0.253 e. The normalized spacial score (nSPS) is 10.2. The fraction of sp³-hybridized carbons (Fsp3) is 0.154. The average Bonchev–Trinajstić information content (AvgIpc) is 2.41. The van der Waals surface area contributed by atoms with Crippen LogP contribution in [0.1, 0.15) is 21.7 Å². The van der Waals surface area contributed by atoms with Crippen molar-refractivity contribution in [1.82, 2.24) is 15.3 Å². The van der Waals surface area contributed by atoms with Crippen LogP contribution < -0.4 is 11.1 Å². The first-order chi connectivity index (χ1) is 9.08.